The molecule has 1 fully saturated rings. The van der Waals surface area contributed by atoms with E-state index in [1.165, 1.54) is 17.2 Å². The van der Waals surface area contributed by atoms with Crippen LogP contribution in [-0.2, 0) is 29.0 Å². The number of hydrogen-bond acceptors (Lipinski definition) is 13. The Morgan fingerprint density at radius 2 is 2.00 bits per heavy atom. The number of hydrogen-bond donors (Lipinski definition) is 3. The summed E-state index contributed by atoms with van der Waals surface area (Å²) in [5.74, 6) is 0.0970. The van der Waals surface area contributed by atoms with Gasteiger partial charge in [-0.3, -0.25) is 0 Å². The summed E-state index contributed by atoms with van der Waals surface area (Å²) in [5.41, 5.74) is 6.13. The van der Waals surface area contributed by atoms with Gasteiger partial charge in [-0.1, -0.05) is 0 Å². The van der Waals surface area contributed by atoms with E-state index in [2.05, 4.69) is 22.4 Å². The molecule has 2 aromatic rings. The Labute approximate surface area is 147 Å². The fourth-order valence-electron chi connectivity index (χ4n) is 2.40. The van der Waals surface area contributed by atoms with E-state index < -0.39 is 52.4 Å². The number of aromatic nitrogens is 4. The molecule has 0 saturated carbocycles. The second kappa shape index (κ2) is 7.06. The van der Waals surface area contributed by atoms with Gasteiger partial charge in [-0.05, 0) is 0 Å². The second-order valence-corrected chi connectivity index (χ2v) is 8.86. The van der Waals surface area contributed by atoms with Crippen LogP contribution in [-0.4, -0.2) is 68.0 Å². The molecular weight excluding hydrogens is 444 g/mol. The third kappa shape index (κ3) is 3.65. The van der Waals surface area contributed by atoms with Gasteiger partial charge in [-0.2, -0.15) is 0 Å². The number of ether oxygens (including phenoxy) is 1. The topological polar surface area (TPSA) is 206 Å². The molecule has 142 valence electrons. The maximum atomic E-state index is 11.3. The van der Waals surface area contributed by atoms with Crippen molar-refractivity contribution in [3.63, 3.8) is 0 Å². The molecule has 0 amide bonds. The molecule has 1 aliphatic heterocycles. The Hall–Kier alpha value is -1.83. The van der Waals surface area contributed by atoms with Crippen LogP contribution < -0.4 is 5.73 Å². The summed E-state index contributed by atoms with van der Waals surface area (Å²) < 4.78 is 58.0. The number of anilines is 1. The second-order valence-electron chi connectivity index (χ2n) is 5.12. The number of nitrogens with zero attached hydrogens (tertiary/aromatic N) is 4. The number of aliphatic hydroxyl groups is 2. The monoisotopic (exact) mass is 457 g/mol. The van der Waals surface area contributed by atoms with Crippen molar-refractivity contribution in [1.29, 1.82) is 0 Å². The Morgan fingerprint density at radius 1 is 1.27 bits per heavy atom. The van der Waals surface area contributed by atoms with Gasteiger partial charge in [0.25, 0.3) is 0 Å². The van der Waals surface area contributed by atoms with Crippen LogP contribution in [0.25, 0.3) is 11.2 Å². The minimum atomic E-state index is -5.64. The first-order chi connectivity index (χ1) is 12.2. The molecule has 26 heavy (non-hydrogen) atoms. The zero-order valence-electron chi connectivity index (χ0n) is 12.6. The van der Waals surface area contributed by atoms with Gasteiger partial charge >= 0.3 is 146 Å². The molecule has 0 aromatic carbocycles. The fourth-order valence-corrected chi connectivity index (χ4v) is 4.43. The van der Waals surface area contributed by atoms with Gasteiger partial charge in [-0.15, -0.1) is 0 Å². The average Bonchev–Trinajstić information content (AvgIpc) is 3.08. The first kappa shape index (κ1) is 18.9. The predicted molar refractivity (Wildman–Crippen MR) is 78.1 cm³/mol. The minimum absolute atomic E-state index is 0.0970. The van der Waals surface area contributed by atoms with Crippen molar-refractivity contribution in [2.75, 3.05) is 12.3 Å². The molecule has 3 heterocycles. The van der Waals surface area contributed by atoms with E-state index in [0.29, 0.717) is 0 Å². The van der Waals surface area contributed by atoms with Crippen LogP contribution in [0.5, 0.6) is 0 Å². The van der Waals surface area contributed by atoms with Crippen molar-refractivity contribution >= 4 is 38.3 Å². The van der Waals surface area contributed by atoms with E-state index >= 15 is 0 Å². The van der Waals surface area contributed by atoms with Crippen LogP contribution in [0, 0.1) is 0 Å². The van der Waals surface area contributed by atoms with Gasteiger partial charge in [0.15, 0.2) is 0 Å². The average molecular weight is 456 g/mol. The fraction of sp³-hybridized carbons (Fsp3) is 0.500. The molecule has 16 heteroatoms. The van der Waals surface area contributed by atoms with Crippen molar-refractivity contribution in [2.45, 2.75) is 24.5 Å². The molecule has 3 rings (SSSR count). The van der Waals surface area contributed by atoms with Gasteiger partial charge in [0.2, 0.25) is 0 Å². The first-order valence-electron chi connectivity index (χ1n) is 6.87. The molecule has 4 N–H and O–H groups in total. The summed E-state index contributed by atoms with van der Waals surface area (Å²) in [4.78, 5) is 11.7. The van der Waals surface area contributed by atoms with E-state index in [4.69, 9.17) is 10.5 Å². The van der Waals surface area contributed by atoms with Crippen molar-refractivity contribution < 1.29 is 39.2 Å². The predicted octanol–water partition coefficient (Wildman–Crippen LogP) is -1.55. The van der Waals surface area contributed by atoms with E-state index in [1.54, 1.807) is 0 Å². The Morgan fingerprint density at radius 3 is 2.69 bits per heavy atom. The molecule has 0 aliphatic carbocycles. The number of imidazole rings is 1. The molecule has 1 saturated heterocycles. The van der Waals surface area contributed by atoms with Crippen molar-refractivity contribution in [1.82, 2.24) is 19.5 Å². The zero-order valence-corrected chi connectivity index (χ0v) is 15.3. The summed E-state index contributed by atoms with van der Waals surface area (Å²) in [6.45, 7) is -0.769. The molecule has 0 bridgehead atoms. The number of fused-ring (bicyclic) bond motifs is 1. The number of nitrogen functional groups attached to an aromatic ring is 1. The molecule has 14 nitrogen and oxygen atoms in total. The number of nitrogens with two attached hydrogens (primary N) is 1. The van der Waals surface area contributed by atoms with E-state index in [1.807, 2.05) is 0 Å². The molecule has 0 spiro atoms. The summed E-state index contributed by atoms with van der Waals surface area (Å²) in [6.07, 6.45) is -3.06. The molecule has 4 atom stereocenters. The summed E-state index contributed by atoms with van der Waals surface area (Å²) in [7, 11) is -3.67. The Kier molecular flexibility index (Phi) is 5.14. The molecule has 1 aliphatic rings. The standard InChI is InChI=1S/C10H12N5O9PSe/c11-8-5-9(13-2-12-8)15(3-14-5)10-7(17)6(16)4(23-10)1-22-26(20,21)24-25(18)19/h2-4,6-7,10,16-17H,1H2,(H2,11,12,13)/t4-,6-,7-,10-/m1/s1. The molecule has 2 aromatic heterocycles. The zero-order chi connectivity index (χ0) is 19.1. The van der Waals surface area contributed by atoms with Crippen LogP contribution in [0.2, 0.25) is 0 Å². The first-order valence-corrected chi connectivity index (χ1v) is 10.8. The number of aliphatic hydroxyl groups excluding tert-OH is 2. The van der Waals surface area contributed by atoms with Crippen molar-refractivity contribution in [2.24, 2.45) is 0 Å². The van der Waals surface area contributed by atoms with Crippen LogP contribution >= 0.6 is 7.91 Å². The van der Waals surface area contributed by atoms with Crippen LogP contribution in [0.15, 0.2) is 12.7 Å². The van der Waals surface area contributed by atoms with Crippen LogP contribution in [0.3, 0.4) is 0 Å². The SMILES string of the molecule is Nc1ncnc2c1ncn2[C@@H]1O[C@H](CO[Se](=O)(=O)OP(=O)=O)[C@@H](O)[C@H]1O. The van der Waals surface area contributed by atoms with Crippen molar-refractivity contribution in [3.05, 3.63) is 12.7 Å². The van der Waals surface area contributed by atoms with Crippen LogP contribution in [0.1, 0.15) is 6.23 Å². The van der Waals surface area contributed by atoms with E-state index in [0.717, 1.165) is 0 Å². The third-order valence-electron chi connectivity index (χ3n) is 3.53. The summed E-state index contributed by atoms with van der Waals surface area (Å²) in [6, 6.07) is 0. The van der Waals surface area contributed by atoms with Gasteiger partial charge in [-0.25, -0.2) is 0 Å². The molecule has 0 radical (unpaired) electrons. The van der Waals surface area contributed by atoms with E-state index in [-0.39, 0.29) is 17.0 Å². The summed E-state index contributed by atoms with van der Waals surface area (Å²) in [5, 5.41) is 20.2. The van der Waals surface area contributed by atoms with E-state index in [9.17, 15) is 27.0 Å². The molecule has 0 unspecified atom stereocenters. The quantitative estimate of drug-likeness (QED) is 0.333. The van der Waals surface area contributed by atoms with Gasteiger partial charge < -0.3 is 0 Å². The van der Waals surface area contributed by atoms with Gasteiger partial charge in [0.05, 0.1) is 0 Å². The Bertz CT molecular complexity index is 984. The summed E-state index contributed by atoms with van der Waals surface area (Å²) >= 11 is -5.64. The maximum absolute atomic E-state index is 11.3. The third-order valence-corrected chi connectivity index (χ3v) is 6.64. The van der Waals surface area contributed by atoms with Crippen molar-refractivity contribution in [3.8, 4) is 0 Å². The van der Waals surface area contributed by atoms with Gasteiger partial charge in [0, 0.05) is 0 Å². The number of rotatable bonds is 6. The Balaban J connectivity index is 1.78. The van der Waals surface area contributed by atoms with Crippen LogP contribution in [0.4, 0.5) is 5.82 Å². The normalized spacial score (nSPS) is 26.4. The van der Waals surface area contributed by atoms with Gasteiger partial charge in [0.1, 0.15) is 0 Å². The molecular formula is C10H12N5O9PSe.